The lowest BCUT2D eigenvalue weighted by atomic mass is 9.78. The lowest BCUT2D eigenvalue weighted by Gasteiger charge is -2.28. The number of carbonyl (C=O) groups is 2. The molecule has 2 bridgehead atoms. The number of nitrogens with one attached hydrogen (secondary N) is 1. The number of fused-ring (bicyclic) bond motifs is 2. The molecule has 1 N–H and O–H groups in total. The van der Waals surface area contributed by atoms with Gasteiger partial charge in [0.15, 0.2) is 0 Å². The van der Waals surface area contributed by atoms with Crippen molar-refractivity contribution in [2.45, 2.75) is 45.3 Å². The van der Waals surface area contributed by atoms with Crippen molar-refractivity contribution < 1.29 is 19.4 Å². The Kier molecular flexibility index (Phi) is 3.91. The zero-order chi connectivity index (χ0) is 15.9. The van der Waals surface area contributed by atoms with E-state index in [0.29, 0.717) is 6.42 Å². The fourth-order valence-electron chi connectivity index (χ4n) is 3.72. The molecule has 3 rings (SSSR count). The van der Waals surface area contributed by atoms with Crippen molar-refractivity contribution in [2.24, 2.45) is 11.8 Å². The third-order valence-corrected chi connectivity index (χ3v) is 4.84. The molecule has 1 aromatic rings. The first-order valence-corrected chi connectivity index (χ1v) is 7.78. The van der Waals surface area contributed by atoms with E-state index in [1.165, 1.54) is 0 Å². The summed E-state index contributed by atoms with van der Waals surface area (Å²) in [6.45, 7) is 3.96. The highest BCUT2D eigenvalue weighted by Gasteiger charge is 2.52. The van der Waals surface area contributed by atoms with Crippen molar-refractivity contribution in [3.8, 4) is 0 Å². The van der Waals surface area contributed by atoms with Gasteiger partial charge in [-0.1, -0.05) is 25.1 Å². The summed E-state index contributed by atoms with van der Waals surface area (Å²) >= 11 is 0. The second kappa shape index (κ2) is 5.72. The van der Waals surface area contributed by atoms with Crippen LogP contribution in [0.4, 0.5) is 5.69 Å². The molecule has 0 radical (unpaired) electrons. The molecule has 0 aromatic heterocycles. The number of carbonyl (C=O) groups excluding carboxylic acids is 2. The number of aliphatic carboxylic acids is 1. The highest BCUT2D eigenvalue weighted by Crippen LogP contribution is 2.43. The molecule has 1 aromatic carbocycles. The van der Waals surface area contributed by atoms with E-state index in [-0.39, 0.29) is 18.1 Å². The molecule has 2 saturated heterocycles. The number of hydrogen-bond donors (Lipinski definition) is 1. The van der Waals surface area contributed by atoms with Crippen LogP contribution in [0.15, 0.2) is 18.2 Å². The van der Waals surface area contributed by atoms with Gasteiger partial charge in [-0.25, -0.2) is 0 Å². The lowest BCUT2D eigenvalue weighted by Crippen LogP contribution is -2.46. The summed E-state index contributed by atoms with van der Waals surface area (Å²) in [6.07, 6.45) is 1.54. The van der Waals surface area contributed by atoms with Crippen molar-refractivity contribution in [3.63, 3.8) is 0 Å². The Balaban J connectivity index is 1.84. The number of amides is 1. The fourth-order valence-corrected chi connectivity index (χ4v) is 3.72. The van der Waals surface area contributed by atoms with Crippen molar-refractivity contribution in [2.75, 3.05) is 5.32 Å². The van der Waals surface area contributed by atoms with Crippen LogP contribution in [0.5, 0.6) is 0 Å². The average Bonchev–Trinajstić information content (AvgIpc) is 3.09. The third kappa shape index (κ3) is 2.39. The molecular formula is C17H20NO4-. The summed E-state index contributed by atoms with van der Waals surface area (Å²) in [6, 6.07) is 5.85. The van der Waals surface area contributed by atoms with Gasteiger partial charge in [0.1, 0.15) is 0 Å². The first-order valence-electron chi connectivity index (χ1n) is 7.78. The Morgan fingerprint density at radius 2 is 1.95 bits per heavy atom. The van der Waals surface area contributed by atoms with Gasteiger partial charge in [0.05, 0.1) is 18.1 Å². The van der Waals surface area contributed by atoms with Crippen molar-refractivity contribution >= 4 is 17.6 Å². The maximum atomic E-state index is 12.7. The maximum Gasteiger partial charge on any atom is 0.230 e. The van der Waals surface area contributed by atoms with E-state index in [9.17, 15) is 14.7 Å². The van der Waals surface area contributed by atoms with Gasteiger partial charge in [-0.05, 0) is 37.3 Å². The number of carboxylic acid groups (broad SMARTS) is 1. The van der Waals surface area contributed by atoms with E-state index in [4.69, 9.17) is 4.74 Å². The van der Waals surface area contributed by atoms with Crippen molar-refractivity contribution in [1.82, 2.24) is 0 Å². The molecule has 0 saturated carbocycles. The van der Waals surface area contributed by atoms with Crippen LogP contribution in [0, 0.1) is 18.8 Å². The van der Waals surface area contributed by atoms with Gasteiger partial charge in [0.25, 0.3) is 0 Å². The van der Waals surface area contributed by atoms with Crippen LogP contribution in [-0.2, 0) is 20.7 Å². The normalized spacial score (nSPS) is 29.5. The highest BCUT2D eigenvalue weighted by atomic mass is 16.5. The van der Waals surface area contributed by atoms with E-state index < -0.39 is 17.8 Å². The molecule has 2 heterocycles. The van der Waals surface area contributed by atoms with Crippen LogP contribution in [0.3, 0.4) is 0 Å². The predicted molar refractivity (Wildman–Crippen MR) is 79.1 cm³/mol. The first-order chi connectivity index (χ1) is 10.5. The van der Waals surface area contributed by atoms with Crippen molar-refractivity contribution in [3.05, 3.63) is 29.3 Å². The molecular weight excluding hydrogens is 282 g/mol. The maximum absolute atomic E-state index is 12.7. The zero-order valence-electron chi connectivity index (χ0n) is 12.8. The number of carboxylic acids is 1. The van der Waals surface area contributed by atoms with Crippen molar-refractivity contribution in [1.29, 1.82) is 0 Å². The van der Waals surface area contributed by atoms with E-state index in [0.717, 1.165) is 29.7 Å². The minimum atomic E-state index is -1.19. The Morgan fingerprint density at radius 3 is 2.59 bits per heavy atom. The summed E-state index contributed by atoms with van der Waals surface area (Å²) in [5, 5.41) is 14.3. The molecule has 5 heteroatoms. The van der Waals surface area contributed by atoms with Crippen LogP contribution >= 0.6 is 0 Å². The number of benzene rings is 1. The number of hydrogen-bond acceptors (Lipinski definition) is 4. The Labute approximate surface area is 129 Å². The van der Waals surface area contributed by atoms with Crippen LogP contribution in [-0.4, -0.2) is 24.1 Å². The molecule has 4 atom stereocenters. The number of para-hydroxylation sites is 1. The monoisotopic (exact) mass is 302 g/mol. The van der Waals surface area contributed by atoms with E-state index in [1.54, 1.807) is 0 Å². The van der Waals surface area contributed by atoms with Gasteiger partial charge in [-0.2, -0.15) is 0 Å². The molecule has 2 fully saturated rings. The van der Waals surface area contributed by atoms with Crippen LogP contribution in [0.2, 0.25) is 0 Å². The largest absolute Gasteiger partial charge is 0.550 e. The molecule has 2 aliphatic rings. The molecule has 0 aliphatic carbocycles. The SMILES string of the molecule is CCc1cccc(C)c1NC(=O)[C@H]1[C@@H](C(=O)[O-])[C@@H]2CC[C@H]1O2. The highest BCUT2D eigenvalue weighted by molar-refractivity contribution is 5.97. The zero-order valence-corrected chi connectivity index (χ0v) is 12.8. The van der Waals surface area contributed by atoms with Crippen LogP contribution in [0.25, 0.3) is 0 Å². The second-order valence-corrected chi connectivity index (χ2v) is 6.11. The van der Waals surface area contributed by atoms with E-state index in [1.807, 2.05) is 32.0 Å². The molecule has 118 valence electrons. The summed E-state index contributed by atoms with van der Waals surface area (Å²) in [4.78, 5) is 24.0. The van der Waals surface area contributed by atoms with Crippen LogP contribution in [0.1, 0.15) is 30.9 Å². The first kappa shape index (κ1) is 15.0. The minimum absolute atomic E-state index is 0.273. The van der Waals surface area contributed by atoms with Gasteiger partial charge in [0.2, 0.25) is 5.91 Å². The molecule has 2 aliphatic heterocycles. The topological polar surface area (TPSA) is 78.5 Å². The predicted octanol–water partition coefficient (Wildman–Crippen LogP) is 1.04. The smallest absolute Gasteiger partial charge is 0.230 e. The standard InChI is InChI=1S/C17H21NO4/c1-3-10-6-4-5-9(2)15(10)18-16(19)13-11-7-8-12(22-11)14(13)17(20)21/h4-6,11-14H,3,7-8H2,1-2H3,(H,18,19)(H,20,21)/p-1/t11-,12+,13-,14+/m1/s1. The fraction of sp³-hybridized carbons (Fsp3) is 0.529. The quantitative estimate of drug-likeness (QED) is 0.901. The van der Waals surface area contributed by atoms with Gasteiger partial charge >= 0.3 is 0 Å². The summed E-state index contributed by atoms with van der Waals surface area (Å²) in [5.74, 6) is -2.96. The lowest BCUT2D eigenvalue weighted by molar-refractivity contribution is -0.313. The Bertz CT molecular complexity index is 613. The molecule has 22 heavy (non-hydrogen) atoms. The minimum Gasteiger partial charge on any atom is -0.550 e. The molecule has 0 spiro atoms. The molecule has 0 unspecified atom stereocenters. The molecule has 1 amide bonds. The van der Waals surface area contributed by atoms with E-state index in [2.05, 4.69) is 5.32 Å². The number of ether oxygens (including phenoxy) is 1. The Morgan fingerprint density at radius 1 is 1.27 bits per heavy atom. The van der Waals surface area contributed by atoms with Crippen LogP contribution < -0.4 is 10.4 Å². The molecule has 5 nitrogen and oxygen atoms in total. The second-order valence-electron chi connectivity index (χ2n) is 6.11. The van der Waals surface area contributed by atoms with Gasteiger partial charge < -0.3 is 20.0 Å². The third-order valence-electron chi connectivity index (χ3n) is 4.84. The summed E-state index contributed by atoms with van der Waals surface area (Å²) in [7, 11) is 0. The van der Waals surface area contributed by atoms with E-state index >= 15 is 0 Å². The van der Waals surface area contributed by atoms with Gasteiger partial charge in [0, 0.05) is 17.6 Å². The number of aryl methyl sites for hydroxylation is 2. The van der Waals surface area contributed by atoms with Gasteiger partial charge in [-0.3, -0.25) is 4.79 Å². The average molecular weight is 302 g/mol. The Hall–Kier alpha value is -1.88. The van der Waals surface area contributed by atoms with Gasteiger partial charge in [-0.15, -0.1) is 0 Å². The number of anilines is 1. The summed E-state index contributed by atoms with van der Waals surface area (Å²) < 4.78 is 5.62. The summed E-state index contributed by atoms with van der Waals surface area (Å²) in [5.41, 5.74) is 2.80. The number of rotatable bonds is 4.